The van der Waals surface area contributed by atoms with E-state index in [0.29, 0.717) is 23.0 Å². The Kier molecular flexibility index (Phi) is 3.35. The van der Waals surface area contributed by atoms with Crippen molar-refractivity contribution >= 4 is 28.1 Å². The first kappa shape index (κ1) is 15.1. The first-order valence-corrected chi connectivity index (χ1v) is 6.32. The van der Waals surface area contributed by atoms with Crippen molar-refractivity contribution in [3.63, 3.8) is 0 Å². The van der Waals surface area contributed by atoms with E-state index in [-0.39, 0.29) is 17.2 Å². The van der Waals surface area contributed by atoms with Gasteiger partial charge in [0.1, 0.15) is 11.6 Å². The maximum absolute atomic E-state index is 13.3. The van der Waals surface area contributed by atoms with Crippen LogP contribution in [-0.4, -0.2) is 9.97 Å². The fourth-order valence-electron chi connectivity index (χ4n) is 2.19. The van der Waals surface area contributed by atoms with Crippen molar-refractivity contribution in [2.75, 3.05) is 11.1 Å². The van der Waals surface area contributed by atoms with Crippen LogP contribution in [0, 0.1) is 11.8 Å². The van der Waals surface area contributed by atoms with Crippen molar-refractivity contribution < 1.29 is 22.0 Å². The van der Waals surface area contributed by atoms with Crippen LogP contribution in [0.5, 0.6) is 0 Å². The number of benzene rings is 1. The molecule has 0 fully saturated rings. The second kappa shape index (κ2) is 5.11. The lowest BCUT2D eigenvalue weighted by atomic mass is 10.1. The third-order valence-electron chi connectivity index (χ3n) is 3.22. The Morgan fingerprint density at radius 3 is 2.57 bits per heavy atom. The monoisotopic (exact) mass is 328 g/mol. The van der Waals surface area contributed by atoms with Crippen LogP contribution < -0.4 is 11.1 Å². The van der Waals surface area contributed by atoms with Gasteiger partial charge in [0.15, 0.2) is 0 Å². The van der Waals surface area contributed by atoms with Crippen molar-refractivity contribution in [3.05, 3.63) is 47.8 Å². The SMILES string of the molecule is Nc1[nH]c2cnc(F)cc2c1Nc1ccc(F)c(C(F)(F)F)c1. The van der Waals surface area contributed by atoms with Gasteiger partial charge in [0.2, 0.25) is 5.95 Å². The Hall–Kier alpha value is -2.84. The molecule has 0 atom stereocenters. The summed E-state index contributed by atoms with van der Waals surface area (Å²) >= 11 is 0. The van der Waals surface area contributed by atoms with Gasteiger partial charge in [-0.2, -0.15) is 17.6 Å². The maximum atomic E-state index is 13.3. The van der Waals surface area contributed by atoms with Crippen molar-refractivity contribution in [1.82, 2.24) is 9.97 Å². The molecular weight excluding hydrogens is 319 g/mol. The predicted octanol–water partition coefficient (Wildman–Crippen LogP) is 4.19. The van der Waals surface area contributed by atoms with E-state index in [1.807, 2.05) is 0 Å². The molecule has 0 bridgehead atoms. The molecule has 0 aliphatic carbocycles. The van der Waals surface area contributed by atoms with E-state index in [2.05, 4.69) is 15.3 Å². The topological polar surface area (TPSA) is 66.7 Å². The number of aromatic nitrogens is 2. The summed E-state index contributed by atoms with van der Waals surface area (Å²) in [5, 5.41) is 2.96. The zero-order valence-electron chi connectivity index (χ0n) is 11.3. The highest BCUT2D eigenvalue weighted by atomic mass is 19.4. The van der Waals surface area contributed by atoms with Gasteiger partial charge in [0.05, 0.1) is 23.0 Å². The minimum atomic E-state index is -4.83. The van der Waals surface area contributed by atoms with Crippen molar-refractivity contribution in [1.29, 1.82) is 0 Å². The molecule has 0 aliphatic heterocycles. The number of pyridine rings is 1. The molecule has 9 heteroatoms. The average Bonchev–Trinajstić information content (AvgIpc) is 2.76. The second-order valence-electron chi connectivity index (χ2n) is 4.78. The van der Waals surface area contributed by atoms with Gasteiger partial charge < -0.3 is 16.0 Å². The minimum Gasteiger partial charge on any atom is -0.384 e. The lowest BCUT2D eigenvalue weighted by molar-refractivity contribution is -0.139. The second-order valence-corrected chi connectivity index (χ2v) is 4.78. The van der Waals surface area contributed by atoms with E-state index in [0.717, 1.165) is 12.1 Å². The molecule has 0 spiro atoms. The summed E-state index contributed by atoms with van der Waals surface area (Å²) in [6.07, 6.45) is -3.62. The Labute approximate surface area is 126 Å². The van der Waals surface area contributed by atoms with Gasteiger partial charge in [0.25, 0.3) is 0 Å². The van der Waals surface area contributed by atoms with E-state index in [1.54, 1.807) is 0 Å². The molecule has 120 valence electrons. The Balaban J connectivity index is 2.06. The number of hydrogen-bond acceptors (Lipinski definition) is 3. The highest BCUT2D eigenvalue weighted by molar-refractivity contribution is 6.00. The number of nitrogens with one attached hydrogen (secondary N) is 2. The number of anilines is 3. The number of H-pyrrole nitrogens is 1. The minimum absolute atomic E-state index is 0.0384. The number of rotatable bonds is 2. The molecule has 0 saturated carbocycles. The summed E-state index contributed by atoms with van der Waals surface area (Å²) in [5.74, 6) is -2.06. The Morgan fingerprint density at radius 1 is 1.13 bits per heavy atom. The predicted molar refractivity (Wildman–Crippen MR) is 75.1 cm³/mol. The Morgan fingerprint density at radius 2 is 1.87 bits per heavy atom. The highest BCUT2D eigenvalue weighted by Crippen LogP contribution is 2.36. The van der Waals surface area contributed by atoms with Gasteiger partial charge in [-0.1, -0.05) is 0 Å². The molecule has 0 saturated heterocycles. The third kappa shape index (κ3) is 2.77. The summed E-state index contributed by atoms with van der Waals surface area (Å²) in [6.45, 7) is 0. The van der Waals surface area contributed by atoms with Gasteiger partial charge in [0, 0.05) is 17.1 Å². The molecule has 0 aliphatic rings. The number of hydrogen-bond donors (Lipinski definition) is 3. The fourth-order valence-corrected chi connectivity index (χ4v) is 2.19. The lowest BCUT2D eigenvalue weighted by Gasteiger charge is -2.11. The third-order valence-corrected chi connectivity index (χ3v) is 3.22. The summed E-state index contributed by atoms with van der Waals surface area (Å²) in [7, 11) is 0. The molecule has 1 aromatic carbocycles. The van der Waals surface area contributed by atoms with Crippen LogP contribution >= 0.6 is 0 Å². The lowest BCUT2D eigenvalue weighted by Crippen LogP contribution is -2.08. The average molecular weight is 328 g/mol. The first-order valence-electron chi connectivity index (χ1n) is 6.32. The van der Waals surface area contributed by atoms with Crippen LogP contribution in [0.1, 0.15) is 5.56 Å². The van der Waals surface area contributed by atoms with Crippen LogP contribution in [0.4, 0.5) is 39.1 Å². The molecular formula is C14H9F5N4. The zero-order chi connectivity index (χ0) is 16.8. The Bertz CT molecular complexity index is 885. The van der Waals surface area contributed by atoms with E-state index in [4.69, 9.17) is 5.73 Å². The smallest absolute Gasteiger partial charge is 0.384 e. The number of nitrogens with two attached hydrogens (primary N) is 1. The van der Waals surface area contributed by atoms with Crippen LogP contribution in [0.2, 0.25) is 0 Å². The molecule has 23 heavy (non-hydrogen) atoms. The van der Waals surface area contributed by atoms with Gasteiger partial charge in [-0.15, -0.1) is 0 Å². The van der Waals surface area contributed by atoms with Crippen molar-refractivity contribution in [2.24, 2.45) is 0 Å². The number of alkyl halides is 3. The summed E-state index contributed by atoms with van der Waals surface area (Å²) < 4.78 is 64.7. The van der Waals surface area contributed by atoms with E-state index in [9.17, 15) is 22.0 Å². The molecule has 3 aromatic rings. The summed E-state index contributed by atoms with van der Waals surface area (Å²) in [5.41, 5.74) is 4.88. The van der Waals surface area contributed by atoms with Crippen LogP contribution in [0.15, 0.2) is 30.5 Å². The highest BCUT2D eigenvalue weighted by Gasteiger charge is 2.34. The number of nitrogens with zero attached hydrogens (tertiary/aromatic N) is 1. The van der Waals surface area contributed by atoms with Crippen LogP contribution in [0.3, 0.4) is 0 Å². The molecule has 0 amide bonds. The van der Waals surface area contributed by atoms with Gasteiger partial charge >= 0.3 is 6.18 Å². The first-order chi connectivity index (χ1) is 10.8. The molecule has 0 unspecified atom stereocenters. The molecule has 2 aromatic heterocycles. The van der Waals surface area contributed by atoms with Crippen LogP contribution in [0.25, 0.3) is 10.9 Å². The summed E-state index contributed by atoms with van der Waals surface area (Å²) in [6, 6.07) is 3.52. The number of halogens is 5. The quantitative estimate of drug-likeness (QED) is 0.488. The number of aromatic amines is 1. The normalized spacial score (nSPS) is 11.9. The van der Waals surface area contributed by atoms with E-state index in [1.165, 1.54) is 6.20 Å². The summed E-state index contributed by atoms with van der Waals surface area (Å²) in [4.78, 5) is 6.17. The standard InChI is InChI=1S/C14H9F5N4/c15-9-2-1-6(3-8(9)14(17,18)19)22-12-7-4-11(16)21-5-10(7)23-13(12)20/h1-5,22-23H,20H2. The molecule has 0 radical (unpaired) electrons. The van der Waals surface area contributed by atoms with Crippen molar-refractivity contribution in [2.45, 2.75) is 6.18 Å². The van der Waals surface area contributed by atoms with Gasteiger partial charge in [-0.25, -0.2) is 9.37 Å². The largest absolute Gasteiger partial charge is 0.419 e. The van der Waals surface area contributed by atoms with Crippen LogP contribution in [-0.2, 0) is 6.18 Å². The van der Waals surface area contributed by atoms with E-state index < -0.39 is 23.5 Å². The van der Waals surface area contributed by atoms with Gasteiger partial charge in [-0.05, 0) is 18.2 Å². The molecule has 4 nitrogen and oxygen atoms in total. The van der Waals surface area contributed by atoms with Crippen molar-refractivity contribution in [3.8, 4) is 0 Å². The fraction of sp³-hybridized carbons (Fsp3) is 0.0714. The molecule has 2 heterocycles. The molecule has 3 rings (SSSR count). The molecule has 4 N–H and O–H groups in total. The number of fused-ring (bicyclic) bond motifs is 1. The van der Waals surface area contributed by atoms with Gasteiger partial charge in [-0.3, -0.25) is 0 Å². The maximum Gasteiger partial charge on any atom is 0.419 e. The zero-order valence-corrected chi connectivity index (χ0v) is 11.3. The van der Waals surface area contributed by atoms with E-state index >= 15 is 0 Å². The number of nitrogen functional groups attached to an aromatic ring is 1.